The molecular weight excluding hydrogens is 490 g/mol. The largest absolute Gasteiger partial charge is 0.573 e. The first-order chi connectivity index (χ1) is 15.5. The Labute approximate surface area is 194 Å². The average molecular weight is 504 g/mol. The molecule has 2 aromatic heterocycles. The van der Waals surface area contributed by atoms with Gasteiger partial charge in [-0.3, -0.25) is 14.3 Å². The molecule has 0 aliphatic carbocycles. The summed E-state index contributed by atoms with van der Waals surface area (Å²) in [5, 5.41) is 17.8. The van der Waals surface area contributed by atoms with Crippen molar-refractivity contribution in [3.63, 3.8) is 0 Å². The number of carbonyl (C=O) groups excluding carboxylic acids is 2. The summed E-state index contributed by atoms with van der Waals surface area (Å²) in [6.45, 7) is -0.297. The molecule has 14 heteroatoms. The number of anilines is 1. The highest BCUT2D eigenvalue weighted by Gasteiger charge is 2.32. The number of halogens is 5. The summed E-state index contributed by atoms with van der Waals surface area (Å²) >= 11 is 11.5. The van der Waals surface area contributed by atoms with Crippen molar-refractivity contribution in [1.82, 2.24) is 20.1 Å². The summed E-state index contributed by atoms with van der Waals surface area (Å²) in [6, 6.07) is 6.40. The number of hydrogen-bond acceptors (Lipinski definition) is 6. The number of rotatable bonds is 6. The zero-order valence-electron chi connectivity index (χ0n) is 16.6. The van der Waals surface area contributed by atoms with Crippen LogP contribution in [0.25, 0.3) is 0 Å². The van der Waals surface area contributed by atoms with E-state index in [0.717, 1.165) is 16.8 Å². The molecule has 0 fully saturated rings. The standard InChI is InChI=1S/C19H14Cl2F3N5O4/c1-29-14(18(32)25-7-9-4-2-3-5-13(9)33-19(22,23)24)12(8-26-29)28-17(31)11-6-10(20)15(30)16(21)27-11/h2-6,8,30H,7H2,1H3,(H,25,32)(H,28,31). The number of ether oxygens (including phenoxy) is 1. The van der Waals surface area contributed by atoms with Crippen molar-refractivity contribution < 1.29 is 32.6 Å². The number of nitrogens with one attached hydrogen (secondary N) is 2. The van der Waals surface area contributed by atoms with Gasteiger partial charge in [-0.05, 0) is 12.1 Å². The van der Waals surface area contributed by atoms with Gasteiger partial charge in [-0.15, -0.1) is 13.2 Å². The highest BCUT2D eigenvalue weighted by atomic mass is 35.5. The maximum absolute atomic E-state index is 12.7. The molecule has 0 aliphatic heterocycles. The molecule has 0 atom stereocenters. The van der Waals surface area contributed by atoms with Crippen LogP contribution in [0.2, 0.25) is 10.2 Å². The maximum atomic E-state index is 12.7. The highest BCUT2D eigenvalue weighted by molar-refractivity contribution is 6.36. The van der Waals surface area contributed by atoms with Crippen LogP contribution in [0.5, 0.6) is 11.5 Å². The van der Waals surface area contributed by atoms with E-state index in [1.54, 1.807) is 0 Å². The van der Waals surface area contributed by atoms with Gasteiger partial charge in [0.15, 0.2) is 10.9 Å². The van der Waals surface area contributed by atoms with Gasteiger partial charge in [0, 0.05) is 19.2 Å². The Bertz CT molecular complexity index is 1190. The molecule has 0 saturated carbocycles. The second-order valence-electron chi connectivity index (χ2n) is 6.45. The van der Waals surface area contributed by atoms with Gasteiger partial charge in [-0.1, -0.05) is 41.4 Å². The molecule has 0 radical (unpaired) electrons. The second kappa shape index (κ2) is 9.55. The summed E-state index contributed by atoms with van der Waals surface area (Å²) in [7, 11) is 1.43. The number of alkyl halides is 3. The van der Waals surface area contributed by atoms with Crippen molar-refractivity contribution >= 4 is 40.7 Å². The van der Waals surface area contributed by atoms with Crippen LogP contribution in [0.15, 0.2) is 36.5 Å². The molecule has 0 bridgehead atoms. The molecule has 0 aliphatic rings. The molecule has 174 valence electrons. The summed E-state index contributed by atoms with van der Waals surface area (Å²) < 4.78 is 42.9. The van der Waals surface area contributed by atoms with Crippen LogP contribution in [-0.4, -0.2) is 38.0 Å². The molecule has 3 aromatic rings. The third kappa shape index (κ3) is 5.84. The molecule has 0 unspecified atom stereocenters. The van der Waals surface area contributed by atoms with Crippen LogP contribution >= 0.6 is 23.2 Å². The van der Waals surface area contributed by atoms with E-state index in [1.807, 2.05) is 0 Å². The Morgan fingerprint density at radius 1 is 1.21 bits per heavy atom. The number of aryl methyl sites for hydroxylation is 1. The van der Waals surface area contributed by atoms with E-state index in [4.69, 9.17) is 23.2 Å². The van der Waals surface area contributed by atoms with E-state index < -0.39 is 34.8 Å². The Morgan fingerprint density at radius 2 is 1.91 bits per heavy atom. The van der Waals surface area contributed by atoms with E-state index in [0.29, 0.717) is 0 Å². The summed E-state index contributed by atoms with van der Waals surface area (Å²) in [6.07, 6.45) is -3.70. The number of aromatic hydroxyl groups is 1. The van der Waals surface area contributed by atoms with Crippen molar-refractivity contribution in [1.29, 1.82) is 0 Å². The monoisotopic (exact) mass is 503 g/mol. The predicted octanol–water partition coefficient (Wildman–Crippen LogP) is 3.91. The van der Waals surface area contributed by atoms with Gasteiger partial charge in [0.05, 0.1) is 16.9 Å². The number of amides is 2. The Kier molecular flexibility index (Phi) is 6.98. The molecule has 3 rings (SSSR count). The SMILES string of the molecule is Cn1ncc(NC(=O)c2cc(Cl)c(O)c(Cl)n2)c1C(=O)NCc1ccccc1OC(F)(F)F. The molecule has 9 nitrogen and oxygen atoms in total. The van der Waals surface area contributed by atoms with Gasteiger partial charge in [0.25, 0.3) is 11.8 Å². The lowest BCUT2D eigenvalue weighted by Crippen LogP contribution is -2.27. The average Bonchev–Trinajstić information content (AvgIpc) is 3.09. The minimum Gasteiger partial charge on any atom is -0.504 e. The smallest absolute Gasteiger partial charge is 0.504 e. The first-order valence-corrected chi connectivity index (χ1v) is 9.72. The summed E-state index contributed by atoms with van der Waals surface area (Å²) in [5.74, 6) is -2.49. The van der Waals surface area contributed by atoms with Gasteiger partial charge in [-0.2, -0.15) is 5.10 Å². The zero-order chi connectivity index (χ0) is 24.3. The lowest BCUT2D eigenvalue weighted by atomic mass is 10.2. The lowest BCUT2D eigenvalue weighted by Gasteiger charge is -2.14. The van der Waals surface area contributed by atoms with Crippen molar-refractivity contribution in [2.45, 2.75) is 12.9 Å². The van der Waals surface area contributed by atoms with Gasteiger partial charge >= 0.3 is 6.36 Å². The predicted molar refractivity (Wildman–Crippen MR) is 111 cm³/mol. The third-order valence-corrected chi connectivity index (χ3v) is 4.73. The van der Waals surface area contributed by atoms with Gasteiger partial charge in [0.1, 0.15) is 17.1 Å². The number of para-hydroxylation sites is 1. The van der Waals surface area contributed by atoms with Crippen molar-refractivity contribution in [2.75, 3.05) is 5.32 Å². The number of aromatic nitrogens is 3. The minimum absolute atomic E-state index is 0.0121. The zero-order valence-corrected chi connectivity index (χ0v) is 18.1. The Hall–Kier alpha value is -3.51. The van der Waals surface area contributed by atoms with Crippen LogP contribution in [0.4, 0.5) is 18.9 Å². The fourth-order valence-corrected chi connectivity index (χ4v) is 3.15. The fraction of sp³-hybridized carbons (Fsp3) is 0.158. The topological polar surface area (TPSA) is 118 Å². The molecule has 3 N–H and O–H groups in total. The highest BCUT2D eigenvalue weighted by Crippen LogP contribution is 2.30. The first-order valence-electron chi connectivity index (χ1n) is 8.96. The quantitative estimate of drug-likeness (QED) is 0.439. The minimum atomic E-state index is -4.90. The molecule has 33 heavy (non-hydrogen) atoms. The van der Waals surface area contributed by atoms with E-state index >= 15 is 0 Å². The van der Waals surface area contributed by atoms with Crippen molar-refractivity contribution in [3.05, 3.63) is 63.7 Å². The van der Waals surface area contributed by atoms with Crippen LogP contribution in [0.3, 0.4) is 0 Å². The number of hydrogen-bond donors (Lipinski definition) is 3. The molecule has 1 aromatic carbocycles. The van der Waals surface area contributed by atoms with Crippen molar-refractivity contribution in [3.8, 4) is 11.5 Å². The van der Waals surface area contributed by atoms with Crippen LogP contribution in [0.1, 0.15) is 26.5 Å². The summed E-state index contributed by atoms with van der Waals surface area (Å²) in [5.41, 5.74) is -0.264. The number of pyridine rings is 1. The molecular formula is C19H14Cl2F3N5O4. The fourth-order valence-electron chi connectivity index (χ4n) is 2.71. The second-order valence-corrected chi connectivity index (χ2v) is 7.22. The molecule has 2 amide bonds. The van der Waals surface area contributed by atoms with E-state index in [-0.39, 0.29) is 34.2 Å². The normalized spacial score (nSPS) is 11.2. The van der Waals surface area contributed by atoms with Gasteiger partial charge in [0.2, 0.25) is 0 Å². The van der Waals surface area contributed by atoms with Crippen LogP contribution in [0, 0.1) is 0 Å². The molecule has 2 heterocycles. The number of nitrogens with zero attached hydrogens (tertiary/aromatic N) is 3. The van der Waals surface area contributed by atoms with Gasteiger partial charge in [-0.25, -0.2) is 4.98 Å². The van der Waals surface area contributed by atoms with E-state index in [9.17, 15) is 27.9 Å². The van der Waals surface area contributed by atoms with Crippen LogP contribution in [-0.2, 0) is 13.6 Å². The van der Waals surface area contributed by atoms with E-state index in [1.165, 1.54) is 31.4 Å². The number of carbonyl (C=O) groups is 2. The van der Waals surface area contributed by atoms with Gasteiger partial charge < -0.3 is 20.5 Å². The van der Waals surface area contributed by atoms with Crippen LogP contribution < -0.4 is 15.4 Å². The Balaban J connectivity index is 1.76. The molecule has 0 saturated heterocycles. The third-order valence-electron chi connectivity index (χ3n) is 4.18. The first kappa shape index (κ1) is 24.1. The Morgan fingerprint density at radius 3 is 2.58 bits per heavy atom. The molecule has 0 spiro atoms. The maximum Gasteiger partial charge on any atom is 0.573 e. The number of benzene rings is 1. The van der Waals surface area contributed by atoms with E-state index in [2.05, 4.69) is 25.5 Å². The van der Waals surface area contributed by atoms with Crippen molar-refractivity contribution in [2.24, 2.45) is 7.05 Å². The summed E-state index contributed by atoms with van der Waals surface area (Å²) in [4.78, 5) is 28.9. The lowest BCUT2D eigenvalue weighted by molar-refractivity contribution is -0.274.